The van der Waals surface area contributed by atoms with Crippen LogP contribution < -0.4 is 10.6 Å². The van der Waals surface area contributed by atoms with Gasteiger partial charge in [-0.25, -0.2) is 4.98 Å². The summed E-state index contributed by atoms with van der Waals surface area (Å²) in [5.74, 6) is 0.936. The fourth-order valence-corrected chi connectivity index (χ4v) is 3.84. The number of hydrogen-bond donors (Lipinski definition) is 1. The minimum absolute atomic E-state index is 0.632. The zero-order valence-electron chi connectivity index (χ0n) is 11.6. The van der Waals surface area contributed by atoms with Crippen molar-refractivity contribution in [3.05, 3.63) is 10.6 Å². The van der Waals surface area contributed by atoms with E-state index in [2.05, 4.69) is 18.7 Å². The number of anilines is 1. The molecule has 2 N–H and O–H groups in total. The molecule has 1 aromatic rings. The molecule has 2 rings (SSSR count). The standard InChI is InChI=1S/C14H25N3S/c1-3-5-11-6-8-17(9-7-11)14-16-12(4-2)13(10-15)18-14/h11H,3-10,15H2,1-2H3. The van der Waals surface area contributed by atoms with Crippen LogP contribution in [0.15, 0.2) is 0 Å². The van der Waals surface area contributed by atoms with Gasteiger partial charge in [0.25, 0.3) is 0 Å². The molecule has 1 aliphatic heterocycles. The molecule has 0 bridgehead atoms. The number of nitrogens with two attached hydrogens (primary N) is 1. The van der Waals surface area contributed by atoms with Gasteiger partial charge >= 0.3 is 0 Å². The van der Waals surface area contributed by atoms with Crippen molar-refractivity contribution in [3.63, 3.8) is 0 Å². The molecule has 0 atom stereocenters. The van der Waals surface area contributed by atoms with Gasteiger partial charge in [-0.1, -0.05) is 26.7 Å². The lowest BCUT2D eigenvalue weighted by molar-refractivity contribution is 0.378. The zero-order valence-corrected chi connectivity index (χ0v) is 12.4. The molecule has 2 heterocycles. The third-order valence-electron chi connectivity index (χ3n) is 3.87. The molecule has 0 saturated carbocycles. The van der Waals surface area contributed by atoms with Crippen molar-refractivity contribution in [2.45, 2.75) is 52.5 Å². The van der Waals surface area contributed by atoms with Crippen LogP contribution in [-0.4, -0.2) is 18.1 Å². The van der Waals surface area contributed by atoms with Crippen LogP contribution in [0.5, 0.6) is 0 Å². The SMILES string of the molecule is CCCC1CCN(c2nc(CC)c(CN)s2)CC1. The lowest BCUT2D eigenvalue weighted by Gasteiger charge is -2.31. The third kappa shape index (κ3) is 3.04. The number of hydrogen-bond acceptors (Lipinski definition) is 4. The van der Waals surface area contributed by atoms with Crippen molar-refractivity contribution in [1.29, 1.82) is 0 Å². The van der Waals surface area contributed by atoms with E-state index >= 15 is 0 Å². The number of aryl methyl sites for hydroxylation is 1. The molecule has 1 aliphatic rings. The van der Waals surface area contributed by atoms with Gasteiger partial charge in [-0.05, 0) is 25.2 Å². The summed E-state index contributed by atoms with van der Waals surface area (Å²) in [5.41, 5.74) is 6.98. The van der Waals surface area contributed by atoms with E-state index in [0.29, 0.717) is 6.54 Å². The van der Waals surface area contributed by atoms with E-state index in [4.69, 9.17) is 10.7 Å². The van der Waals surface area contributed by atoms with Gasteiger partial charge < -0.3 is 10.6 Å². The molecule has 0 radical (unpaired) electrons. The minimum Gasteiger partial charge on any atom is -0.348 e. The monoisotopic (exact) mass is 267 g/mol. The lowest BCUT2D eigenvalue weighted by atomic mass is 9.93. The van der Waals surface area contributed by atoms with Crippen molar-refractivity contribution in [2.24, 2.45) is 11.7 Å². The summed E-state index contributed by atoms with van der Waals surface area (Å²) < 4.78 is 0. The van der Waals surface area contributed by atoms with Gasteiger partial charge in [-0.15, -0.1) is 11.3 Å². The predicted molar refractivity (Wildman–Crippen MR) is 79.2 cm³/mol. The third-order valence-corrected chi connectivity index (χ3v) is 5.05. The highest BCUT2D eigenvalue weighted by Gasteiger charge is 2.21. The van der Waals surface area contributed by atoms with E-state index in [9.17, 15) is 0 Å². The second-order valence-corrected chi connectivity index (χ2v) is 6.21. The first kappa shape index (κ1) is 13.8. The Hall–Kier alpha value is -0.610. The van der Waals surface area contributed by atoms with Crippen LogP contribution in [0.25, 0.3) is 0 Å². The molecule has 18 heavy (non-hydrogen) atoms. The first-order chi connectivity index (χ1) is 8.78. The summed E-state index contributed by atoms with van der Waals surface area (Å²) in [7, 11) is 0. The van der Waals surface area contributed by atoms with E-state index in [1.807, 2.05) is 0 Å². The maximum Gasteiger partial charge on any atom is 0.185 e. The molecule has 102 valence electrons. The Bertz CT molecular complexity index is 346. The van der Waals surface area contributed by atoms with Crippen molar-refractivity contribution >= 4 is 16.5 Å². The van der Waals surface area contributed by atoms with Crippen molar-refractivity contribution < 1.29 is 0 Å². The molecule has 3 nitrogen and oxygen atoms in total. The second-order valence-electron chi connectivity index (χ2n) is 5.14. The van der Waals surface area contributed by atoms with Crippen molar-refractivity contribution in [1.82, 2.24) is 4.98 Å². The fourth-order valence-electron chi connectivity index (χ4n) is 2.76. The molecular weight excluding hydrogens is 242 g/mol. The van der Waals surface area contributed by atoms with Crippen LogP contribution in [0.4, 0.5) is 5.13 Å². The van der Waals surface area contributed by atoms with Crippen molar-refractivity contribution in [3.8, 4) is 0 Å². The molecule has 4 heteroatoms. The molecule has 0 amide bonds. The van der Waals surface area contributed by atoms with E-state index < -0.39 is 0 Å². The van der Waals surface area contributed by atoms with Gasteiger partial charge in [-0.3, -0.25) is 0 Å². The molecule has 1 fully saturated rings. The normalized spacial score (nSPS) is 17.4. The molecule has 1 aromatic heterocycles. The largest absolute Gasteiger partial charge is 0.348 e. The first-order valence-electron chi connectivity index (χ1n) is 7.22. The maximum atomic E-state index is 5.78. The van der Waals surface area contributed by atoms with Crippen LogP contribution in [-0.2, 0) is 13.0 Å². The topological polar surface area (TPSA) is 42.2 Å². The van der Waals surface area contributed by atoms with Gasteiger partial charge in [0.05, 0.1) is 5.69 Å². The Morgan fingerprint density at radius 1 is 1.33 bits per heavy atom. The Balaban J connectivity index is 1.98. The number of nitrogens with zero attached hydrogens (tertiary/aromatic N) is 2. The average molecular weight is 267 g/mol. The Morgan fingerprint density at radius 3 is 2.56 bits per heavy atom. The van der Waals surface area contributed by atoms with Gasteiger partial charge in [-0.2, -0.15) is 0 Å². The molecule has 0 unspecified atom stereocenters. The summed E-state index contributed by atoms with van der Waals surface area (Å²) in [6.07, 6.45) is 6.36. The maximum absolute atomic E-state index is 5.78. The lowest BCUT2D eigenvalue weighted by Crippen LogP contribution is -2.33. The van der Waals surface area contributed by atoms with Crippen LogP contribution >= 0.6 is 11.3 Å². The van der Waals surface area contributed by atoms with E-state index in [1.165, 1.54) is 54.5 Å². The Labute approximate surface area is 114 Å². The van der Waals surface area contributed by atoms with E-state index in [-0.39, 0.29) is 0 Å². The Kier molecular flexibility index (Phi) is 5.01. The highest BCUT2D eigenvalue weighted by Crippen LogP contribution is 2.31. The first-order valence-corrected chi connectivity index (χ1v) is 8.03. The predicted octanol–water partition coefficient (Wildman–Crippen LogP) is 3.18. The zero-order chi connectivity index (χ0) is 13.0. The summed E-state index contributed by atoms with van der Waals surface area (Å²) >= 11 is 1.79. The van der Waals surface area contributed by atoms with Crippen LogP contribution in [0.1, 0.15) is 50.1 Å². The van der Waals surface area contributed by atoms with Crippen molar-refractivity contribution in [2.75, 3.05) is 18.0 Å². The molecule has 0 aromatic carbocycles. The summed E-state index contributed by atoms with van der Waals surface area (Å²) in [5, 5.41) is 1.20. The highest BCUT2D eigenvalue weighted by molar-refractivity contribution is 7.15. The van der Waals surface area contributed by atoms with Gasteiger partial charge in [0.2, 0.25) is 0 Å². The van der Waals surface area contributed by atoms with E-state index in [1.54, 1.807) is 11.3 Å². The molecular formula is C14H25N3S. The quantitative estimate of drug-likeness (QED) is 0.891. The van der Waals surface area contributed by atoms with Crippen LogP contribution in [0, 0.1) is 5.92 Å². The Morgan fingerprint density at radius 2 is 2.06 bits per heavy atom. The summed E-state index contributed by atoms with van der Waals surface area (Å²) in [6, 6.07) is 0. The molecule has 0 aliphatic carbocycles. The number of thiazole rings is 1. The highest BCUT2D eigenvalue weighted by atomic mass is 32.1. The van der Waals surface area contributed by atoms with Crippen LogP contribution in [0.2, 0.25) is 0 Å². The van der Waals surface area contributed by atoms with Gasteiger partial charge in [0.15, 0.2) is 5.13 Å². The van der Waals surface area contributed by atoms with Gasteiger partial charge in [0.1, 0.15) is 0 Å². The fraction of sp³-hybridized carbons (Fsp3) is 0.786. The average Bonchev–Trinajstić information content (AvgIpc) is 2.83. The van der Waals surface area contributed by atoms with E-state index in [0.717, 1.165) is 12.3 Å². The number of rotatable bonds is 5. The molecule has 1 saturated heterocycles. The number of piperidine rings is 1. The van der Waals surface area contributed by atoms with Gasteiger partial charge in [0, 0.05) is 24.5 Å². The summed E-state index contributed by atoms with van der Waals surface area (Å²) in [4.78, 5) is 8.48. The minimum atomic E-state index is 0.632. The second kappa shape index (κ2) is 6.53. The summed E-state index contributed by atoms with van der Waals surface area (Å²) in [6.45, 7) is 7.42. The smallest absolute Gasteiger partial charge is 0.185 e. The number of aromatic nitrogens is 1. The van der Waals surface area contributed by atoms with Crippen LogP contribution in [0.3, 0.4) is 0 Å². The molecule has 0 spiro atoms.